The molecular weight excluding hydrogens is 207 g/mol. The predicted molar refractivity (Wildman–Crippen MR) is 50.5 cm³/mol. The highest BCUT2D eigenvalue weighted by Gasteiger charge is 2.38. The maximum absolute atomic E-state index is 12.0. The van der Waals surface area contributed by atoms with Crippen LogP contribution >= 0.6 is 0 Å². The molecule has 0 aliphatic rings. The molecule has 1 amide bonds. The van der Waals surface area contributed by atoms with Gasteiger partial charge in [0.2, 0.25) is 0 Å². The van der Waals surface area contributed by atoms with Crippen molar-refractivity contribution in [3.05, 3.63) is 29.8 Å². The second kappa shape index (κ2) is 4.33. The standard InChI is InChI=1S/C10H10F3NO/c1-2-7-5-3-4-6-8(7)14-9(15)10(11,12)13/h3-6H,2H2,1H3,(H,14,15). The fourth-order valence-corrected chi connectivity index (χ4v) is 1.14. The molecule has 0 spiro atoms. The number of para-hydroxylation sites is 1. The molecule has 0 saturated carbocycles. The number of hydrogen-bond acceptors (Lipinski definition) is 1. The summed E-state index contributed by atoms with van der Waals surface area (Å²) in [5, 5.41) is 1.84. The molecule has 0 fully saturated rings. The Morgan fingerprint density at radius 2 is 1.93 bits per heavy atom. The number of alkyl halides is 3. The zero-order valence-electron chi connectivity index (χ0n) is 8.06. The van der Waals surface area contributed by atoms with Crippen molar-refractivity contribution in [2.75, 3.05) is 5.32 Å². The van der Waals surface area contributed by atoms with Gasteiger partial charge in [-0.3, -0.25) is 4.79 Å². The lowest BCUT2D eigenvalue weighted by Gasteiger charge is -2.10. The first-order chi connectivity index (χ1) is 6.95. The minimum atomic E-state index is -4.85. The van der Waals surface area contributed by atoms with Crippen molar-refractivity contribution < 1.29 is 18.0 Å². The maximum atomic E-state index is 12.0. The van der Waals surface area contributed by atoms with Crippen LogP contribution in [-0.2, 0) is 11.2 Å². The van der Waals surface area contributed by atoms with Crippen molar-refractivity contribution in [2.24, 2.45) is 0 Å². The molecular formula is C10H10F3NO. The molecule has 1 aromatic rings. The highest BCUT2D eigenvalue weighted by Crippen LogP contribution is 2.20. The van der Waals surface area contributed by atoms with Gasteiger partial charge in [0.25, 0.3) is 0 Å². The van der Waals surface area contributed by atoms with Crippen molar-refractivity contribution in [1.82, 2.24) is 0 Å². The summed E-state index contributed by atoms with van der Waals surface area (Å²) in [6.07, 6.45) is -4.28. The summed E-state index contributed by atoms with van der Waals surface area (Å²) >= 11 is 0. The van der Waals surface area contributed by atoms with Gasteiger partial charge < -0.3 is 5.32 Å². The third-order valence-electron chi connectivity index (χ3n) is 1.90. The Labute approximate surface area is 85.1 Å². The topological polar surface area (TPSA) is 29.1 Å². The second-order valence-corrected chi connectivity index (χ2v) is 2.96. The first kappa shape index (κ1) is 11.6. The van der Waals surface area contributed by atoms with E-state index < -0.39 is 12.1 Å². The number of rotatable bonds is 2. The monoisotopic (exact) mass is 217 g/mol. The van der Waals surface area contributed by atoms with Crippen LogP contribution in [0.25, 0.3) is 0 Å². The van der Waals surface area contributed by atoms with Gasteiger partial charge in [-0.15, -0.1) is 0 Å². The Kier molecular flexibility index (Phi) is 3.34. The van der Waals surface area contributed by atoms with Crippen LogP contribution < -0.4 is 5.32 Å². The number of halogens is 3. The molecule has 0 aliphatic carbocycles. The molecule has 0 saturated heterocycles. The van der Waals surface area contributed by atoms with Gasteiger partial charge in [0.05, 0.1) is 0 Å². The molecule has 0 unspecified atom stereocenters. The molecule has 1 N–H and O–H groups in total. The Morgan fingerprint density at radius 1 is 1.33 bits per heavy atom. The van der Waals surface area contributed by atoms with Gasteiger partial charge in [-0.2, -0.15) is 13.2 Å². The van der Waals surface area contributed by atoms with Crippen molar-refractivity contribution >= 4 is 11.6 Å². The molecule has 1 aromatic carbocycles. The summed E-state index contributed by atoms with van der Waals surface area (Å²) in [5.41, 5.74) is 0.887. The molecule has 0 bridgehead atoms. The van der Waals surface area contributed by atoms with E-state index in [4.69, 9.17) is 0 Å². The first-order valence-electron chi connectivity index (χ1n) is 4.41. The van der Waals surface area contributed by atoms with Crippen LogP contribution in [0.4, 0.5) is 18.9 Å². The Morgan fingerprint density at radius 3 is 2.47 bits per heavy atom. The lowest BCUT2D eigenvalue weighted by atomic mass is 10.1. The van der Waals surface area contributed by atoms with E-state index in [-0.39, 0.29) is 5.69 Å². The minimum Gasteiger partial charge on any atom is -0.318 e. The van der Waals surface area contributed by atoms with Gasteiger partial charge in [-0.1, -0.05) is 25.1 Å². The summed E-state index contributed by atoms with van der Waals surface area (Å²) in [5.74, 6) is -1.94. The van der Waals surface area contributed by atoms with E-state index in [2.05, 4.69) is 0 Å². The number of benzene rings is 1. The molecule has 2 nitrogen and oxygen atoms in total. The highest BCUT2D eigenvalue weighted by atomic mass is 19.4. The normalized spacial score (nSPS) is 11.2. The summed E-state index contributed by atoms with van der Waals surface area (Å²) in [6.45, 7) is 1.80. The van der Waals surface area contributed by atoms with Crippen molar-refractivity contribution in [1.29, 1.82) is 0 Å². The zero-order valence-corrected chi connectivity index (χ0v) is 8.06. The molecule has 1 rings (SSSR count). The van der Waals surface area contributed by atoms with E-state index in [1.165, 1.54) is 6.07 Å². The van der Waals surface area contributed by atoms with Crippen LogP contribution in [0.5, 0.6) is 0 Å². The third-order valence-corrected chi connectivity index (χ3v) is 1.90. The van der Waals surface area contributed by atoms with E-state index in [9.17, 15) is 18.0 Å². The van der Waals surface area contributed by atoms with E-state index >= 15 is 0 Å². The molecule has 0 aliphatic heterocycles. The summed E-state index contributed by atoms with van der Waals surface area (Å²) in [6, 6.07) is 6.40. The number of hydrogen-bond donors (Lipinski definition) is 1. The number of carbonyl (C=O) groups is 1. The fourth-order valence-electron chi connectivity index (χ4n) is 1.14. The molecule has 0 radical (unpaired) electrons. The average Bonchev–Trinajstić information content (AvgIpc) is 2.17. The van der Waals surface area contributed by atoms with Crippen LogP contribution in [0.15, 0.2) is 24.3 Å². The smallest absolute Gasteiger partial charge is 0.318 e. The SMILES string of the molecule is CCc1ccccc1NC(=O)C(F)(F)F. The number of aryl methyl sites for hydroxylation is 1. The number of nitrogens with one attached hydrogen (secondary N) is 1. The van der Waals surface area contributed by atoms with E-state index in [0.717, 1.165) is 0 Å². The Hall–Kier alpha value is -1.52. The predicted octanol–water partition coefficient (Wildman–Crippen LogP) is 2.75. The molecule has 0 aromatic heterocycles. The van der Waals surface area contributed by atoms with Crippen LogP contribution in [0.3, 0.4) is 0 Å². The van der Waals surface area contributed by atoms with Gasteiger partial charge in [0.15, 0.2) is 0 Å². The average molecular weight is 217 g/mol. The van der Waals surface area contributed by atoms with Crippen LogP contribution in [-0.4, -0.2) is 12.1 Å². The number of amides is 1. The first-order valence-corrected chi connectivity index (χ1v) is 4.41. The van der Waals surface area contributed by atoms with Crippen LogP contribution in [0, 0.1) is 0 Å². The Balaban J connectivity index is 2.85. The summed E-state index contributed by atoms with van der Waals surface area (Å²) < 4.78 is 35.9. The van der Waals surface area contributed by atoms with Gasteiger partial charge in [-0.25, -0.2) is 0 Å². The minimum absolute atomic E-state index is 0.210. The lowest BCUT2D eigenvalue weighted by molar-refractivity contribution is -0.167. The van der Waals surface area contributed by atoms with Crippen LogP contribution in [0.1, 0.15) is 12.5 Å². The van der Waals surface area contributed by atoms with Crippen molar-refractivity contribution in [3.8, 4) is 0 Å². The molecule has 82 valence electrons. The summed E-state index contributed by atoms with van der Waals surface area (Å²) in [4.78, 5) is 10.7. The largest absolute Gasteiger partial charge is 0.471 e. The van der Waals surface area contributed by atoms with E-state index in [0.29, 0.717) is 12.0 Å². The third kappa shape index (κ3) is 2.97. The second-order valence-electron chi connectivity index (χ2n) is 2.96. The van der Waals surface area contributed by atoms with Gasteiger partial charge >= 0.3 is 12.1 Å². The zero-order chi connectivity index (χ0) is 11.5. The summed E-state index contributed by atoms with van der Waals surface area (Å²) in [7, 11) is 0. The quantitative estimate of drug-likeness (QED) is 0.810. The Bertz CT molecular complexity index is 360. The van der Waals surface area contributed by atoms with Crippen molar-refractivity contribution in [2.45, 2.75) is 19.5 Å². The van der Waals surface area contributed by atoms with Gasteiger partial charge in [0.1, 0.15) is 0 Å². The maximum Gasteiger partial charge on any atom is 0.471 e. The number of anilines is 1. The van der Waals surface area contributed by atoms with Crippen LogP contribution in [0.2, 0.25) is 0 Å². The molecule has 5 heteroatoms. The van der Waals surface area contributed by atoms with Crippen molar-refractivity contribution in [3.63, 3.8) is 0 Å². The molecule has 15 heavy (non-hydrogen) atoms. The van der Waals surface area contributed by atoms with Gasteiger partial charge in [0, 0.05) is 5.69 Å². The molecule has 0 heterocycles. The highest BCUT2D eigenvalue weighted by molar-refractivity contribution is 5.95. The van der Waals surface area contributed by atoms with E-state index in [1.54, 1.807) is 25.1 Å². The van der Waals surface area contributed by atoms with Gasteiger partial charge in [-0.05, 0) is 18.1 Å². The molecule has 0 atom stereocenters. The number of carbonyl (C=O) groups excluding carboxylic acids is 1. The lowest BCUT2D eigenvalue weighted by Crippen LogP contribution is -2.30. The fraction of sp³-hybridized carbons (Fsp3) is 0.300. The van der Waals surface area contributed by atoms with E-state index in [1.807, 2.05) is 5.32 Å².